The van der Waals surface area contributed by atoms with Crippen molar-refractivity contribution in [1.82, 2.24) is 0 Å². The van der Waals surface area contributed by atoms with Gasteiger partial charge >= 0.3 is 0 Å². The number of nitrogens with one attached hydrogen (secondary N) is 1. The van der Waals surface area contributed by atoms with E-state index in [-0.39, 0.29) is 49.3 Å². The molecule has 0 radical (unpaired) electrons. The molecule has 0 aliphatic carbocycles. The minimum absolute atomic E-state index is 0. The van der Waals surface area contributed by atoms with Crippen LogP contribution in [0.5, 0.6) is 0 Å². The molecule has 3 rings (SSSR count). The molecule has 2 aromatic carbocycles. The van der Waals surface area contributed by atoms with Gasteiger partial charge in [-0.05, 0) is 36.4 Å². The van der Waals surface area contributed by atoms with Crippen molar-refractivity contribution in [3.05, 3.63) is 62.2 Å². The molecule has 0 unspecified atom stereocenters. The Labute approximate surface area is 181 Å². The Kier molecular flexibility index (Phi) is 6.45. The zero-order valence-electron chi connectivity index (χ0n) is 11.8. The van der Waals surface area contributed by atoms with Gasteiger partial charge < -0.3 is 9.73 Å². The fourth-order valence-electron chi connectivity index (χ4n) is 2.27. The second kappa shape index (κ2) is 7.77. The Morgan fingerprint density at radius 3 is 2.57 bits per heavy atom. The van der Waals surface area contributed by atoms with Gasteiger partial charge in [0.25, 0.3) is 0 Å². The average molecular weight is 439 g/mol. The van der Waals surface area contributed by atoms with Gasteiger partial charge in [0.05, 0.1) is 10.7 Å². The van der Waals surface area contributed by atoms with E-state index < -0.39 is 0 Å². The molecular formula is C16H10ArBrCl2NO2. The van der Waals surface area contributed by atoms with E-state index in [1.165, 1.54) is 6.07 Å². The molecule has 0 saturated heterocycles. The Hall–Kier alpha value is -0.230. The van der Waals surface area contributed by atoms with Crippen LogP contribution in [0.1, 0.15) is 16.1 Å². The van der Waals surface area contributed by atoms with E-state index in [1.807, 2.05) is 18.2 Å². The second-order valence-electron chi connectivity index (χ2n) is 4.65. The molecule has 0 amide bonds. The van der Waals surface area contributed by atoms with Crippen molar-refractivity contribution in [3.8, 4) is 0 Å². The first-order valence-electron chi connectivity index (χ1n) is 6.41. The van der Waals surface area contributed by atoms with Crippen molar-refractivity contribution in [2.75, 3.05) is 12.4 Å². The van der Waals surface area contributed by atoms with E-state index in [4.69, 9.17) is 27.6 Å². The zero-order valence-corrected chi connectivity index (χ0v) is 15.6. The summed E-state index contributed by atoms with van der Waals surface area (Å²) in [6.45, 7) is 0. The number of rotatable bonds is 3. The van der Waals surface area contributed by atoms with E-state index in [9.17, 15) is 4.79 Å². The first kappa shape index (κ1) is 19.1. The van der Waals surface area contributed by atoms with Crippen molar-refractivity contribution in [1.29, 1.82) is 0 Å². The summed E-state index contributed by atoms with van der Waals surface area (Å²) in [6.07, 6.45) is 0. The van der Waals surface area contributed by atoms with Gasteiger partial charge in [0.1, 0.15) is 5.58 Å². The van der Waals surface area contributed by atoms with Gasteiger partial charge in [-0.3, -0.25) is 4.79 Å². The Morgan fingerprint density at radius 1 is 1.17 bits per heavy atom. The van der Waals surface area contributed by atoms with Gasteiger partial charge in [-0.15, -0.1) is 0 Å². The molecule has 1 N–H and O–H groups in total. The Bertz CT molecular complexity index is 895. The van der Waals surface area contributed by atoms with Crippen LogP contribution in [0.15, 0.2) is 45.3 Å². The summed E-state index contributed by atoms with van der Waals surface area (Å²) in [7, 11) is 1.74. The molecule has 3 aromatic rings. The van der Waals surface area contributed by atoms with Crippen LogP contribution in [0.2, 0.25) is 10.0 Å². The van der Waals surface area contributed by atoms with E-state index >= 15 is 0 Å². The summed E-state index contributed by atoms with van der Waals surface area (Å²) in [5.74, 6) is -0.0711. The van der Waals surface area contributed by atoms with Gasteiger partial charge in [0.15, 0.2) is 5.76 Å². The summed E-state index contributed by atoms with van der Waals surface area (Å²) in [4.78, 5) is 12.7. The second-order valence-corrected chi connectivity index (χ2v) is 6.41. The molecule has 23 heavy (non-hydrogen) atoms. The first-order chi connectivity index (χ1) is 10.5. The smallest absolute Gasteiger partial charge is 0.231 e. The largest absolute Gasteiger partial charge is 0.450 e. The van der Waals surface area contributed by atoms with Gasteiger partial charge in [0.2, 0.25) is 5.78 Å². The Morgan fingerprint density at radius 2 is 1.91 bits per heavy atom. The molecule has 120 valence electrons. The van der Waals surface area contributed by atoms with Gasteiger partial charge in [0, 0.05) is 65.2 Å². The predicted octanol–water partition coefficient (Wildman–Crippen LogP) is 5.77. The van der Waals surface area contributed by atoms with Crippen molar-refractivity contribution in [2.24, 2.45) is 0 Å². The van der Waals surface area contributed by atoms with E-state index in [1.54, 1.807) is 19.2 Å². The fraction of sp³-hybridized carbons (Fsp3) is 0.0625. The molecule has 7 heteroatoms. The van der Waals surface area contributed by atoms with Gasteiger partial charge in [-0.25, -0.2) is 0 Å². The standard InChI is InChI=1S/C16H10BrCl2NO2.Ar/c1-20-14-11-4-2-8(17)6-13(11)22-16(14)15(21)10-5-3-9(18)7-12(10)19;/h2-7,20H,1H3;. The summed E-state index contributed by atoms with van der Waals surface area (Å²) in [6, 6.07) is 10.3. The van der Waals surface area contributed by atoms with Crippen LogP contribution in [-0.2, 0) is 0 Å². The minimum atomic E-state index is -0.293. The van der Waals surface area contributed by atoms with E-state index in [0.29, 0.717) is 26.9 Å². The quantitative estimate of drug-likeness (QED) is 0.527. The van der Waals surface area contributed by atoms with Crippen molar-refractivity contribution in [2.45, 2.75) is 0 Å². The number of ketones is 1. The molecule has 1 aromatic heterocycles. The number of furan rings is 1. The predicted molar refractivity (Wildman–Crippen MR) is 93.4 cm³/mol. The number of carbonyl (C=O) groups excluding carboxylic acids is 1. The SMILES string of the molecule is CNc1c(C(=O)c2ccc(Cl)cc2Cl)oc2cc(Br)ccc12.[Ar]. The summed E-state index contributed by atoms with van der Waals surface area (Å²) in [5.41, 5.74) is 1.60. The number of halogens is 3. The molecule has 0 aliphatic heterocycles. The normalized spacial score (nSPS) is 10.4. The van der Waals surface area contributed by atoms with E-state index in [2.05, 4.69) is 21.2 Å². The maximum atomic E-state index is 12.7. The van der Waals surface area contributed by atoms with Gasteiger partial charge in [-0.1, -0.05) is 39.1 Å². The first-order valence-corrected chi connectivity index (χ1v) is 7.95. The topological polar surface area (TPSA) is 42.2 Å². The summed E-state index contributed by atoms with van der Waals surface area (Å²) in [5, 5.41) is 4.62. The number of hydrogen-bond donors (Lipinski definition) is 1. The summed E-state index contributed by atoms with van der Waals surface area (Å²) >= 11 is 15.4. The number of hydrogen-bond acceptors (Lipinski definition) is 3. The third-order valence-electron chi connectivity index (χ3n) is 3.28. The van der Waals surface area contributed by atoms with Crippen molar-refractivity contribution < 1.29 is 46.9 Å². The molecule has 0 saturated carbocycles. The molecule has 0 aliphatic rings. The average Bonchev–Trinajstić information content (AvgIpc) is 2.84. The third-order valence-corrected chi connectivity index (χ3v) is 4.33. The maximum absolute atomic E-state index is 12.7. The van der Waals surface area contributed by atoms with Crippen molar-refractivity contribution >= 4 is 61.6 Å². The molecule has 1 heterocycles. The zero-order chi connectivity index (χ0) is 15.9. The molecule has 0 fully saturated rings. The molecule has 3 nitrogen and oxygen atoms in total. The van der Waals surface area contributed by atoms with Crippen molar-refractivity contribution in [3.63, 3.8) is 0 Å². The van der Waals surface area contributed by atoms with Crippen LogP contribution in [0.25, 0.3) is 11.0 Å². The molecule has 0 atom stereocenters. The van der Waals surface area contributed by atoms with Crippen LogP contribution < -0.4 is 5.32 Å². The monoisotopic (exact) mass is 437 g/mol. The Balaban J connectivity index is 0.00000192. The van der Waals surface area contributed by atoms with Crippen LogP contribution in [0.4, 0.5) is 5.69 Å². The maximum Gasteiger partial charge on any atom is 0.231 e. The minimum Gasteiger partial charge on any atom is -0.450 e. The number of carbonyl (C=O) groups is 1. The van der Waals surface area contributed by atoms with Crippen LogP contribution in [0.3, 0.4) is 0 Å². The number of benzene rings is 2. The van der Waals surface area contributed by atoms with Crippen LogP contribution in [-0.4, -0.2) is 12.8 Å². The molecule has 0 spiro atoms. The van der Waals surface area contributed by atoms with Gasteiger partial charge in [-0.2, -0.15) is 0 Å². The molecule has 0 bridgehead atoms. The summed E-state index contributed by atoms with van der Waals surface area (Å²) < 4.78 is 6.61. The number of fused-ring (bicyclic) bond motifs is 1. The fourth-order valence-corrected chi connectivity index (χ4v) is 3.11. The van der Waals surface area contributed by atoms with Crippen LogP contribution in [0, 0.1) is 37.7 Å². The number of anilines is 1. The van der Waals surface area contributed by atoms with E-state index in [0.717, 1.165) is 9.86 Å². The van der Waals surface area contributed by atoms with Crippen LogP contribution >= 0.6 is 39.1 Å². The third kappa shape index (κ3) is 3.73. The molecular weight excluding hydrogens is 429 g/mol.